The predicted molar refractivity (Wildman–Crippen MR) is 146 cm³/mol. The van der Waals surface area contributed by atoms with Gasteiger partial charge in [0.15, 0.2) is 0 Å². The van der Waals surface area contributed by atoms with Crippen LogP contribution < -0.4 is 19.1 Å². The number of hydrogen-bond donors (Lipinski definition) is 1. The van der Waals surface area contributed by atoms with Gasteiger partial charge in [-0.25, -0.2) is 8.42 Å². The summed E-state index contributed by atoms with van der Waals surface area (Å²) in [6.07, 6.45) is 0. The Bertz CT molecular complexity index is 1380. The summed E-state index contributed by atoms with van der Waals surface area (Å²) in [4.78, 5) is 27.7. The lowest BCUT2D eigenvalue weighted by Gasteiger charge is -2.32. The number of nitrogens with zero attached hydrogens (tertiary/aromatic N) is 2. The number of carbonyl (C=O) groups is 2. The highest BCUT2D eigenvalue weighted by atomic mass is 35.5. The number of nitrogens with one attached hydrogen (secondary N) is 1. The van der Waals surface area contributed by atoms with Gasteiger partial charge < -0.3 is 19.7 Å². The number of carbonyl (C=O) groups excluding carboxylic acids is 2. The van der Waals surface area contributed by atoms with Crippen molar-refractivity contribution in [1.29, 1.82) is 0 Å². The first-order valence-electron chi connectivity index (χ1n) is 11.7. The molecule has 3 rings (SSSR count). The molecule has 38 heavy (non-hydrogen) atoms. The molecule has 0 saturated carbocycles. The van der Waals surface area contributed by atoms with Gasteiger partial charge in [-0.2, -0.15) is 0 Å². The molecule has 1 atom stereocenters. The summed E-state index contributed by atoms with van der Waals surface area (Å²) >= 11 is 6.31. The molecule has 0 spiro atoms. The Hall–Kier alpha value is -3.76. The second kappa shape index (κ2) is 12.7. The molecule has 0 aliphatic heterocycles. The summed E-state index contributed by atoms with van der Waals surface area (Å²) in [5.41, 5.74) is 0.875. The normalized spacial score (nSPS) is 11.8. The van der Waals surface area contributed by atoms with Crippen molar-refractivity contribution in [2.24, 2.45) is 0 Å². The van der Waals surface area contributed by atoms with E-state index >= 15 is 0 Å². The fourth-order valence-corrected chi connectivity index (χ4v) is 5.50. The Morgan fingerprint density at radius 1 is 0.974 bits per heavy atom. The molecular weight excluding hydrogens is 530 g/mol. The summed E-state index contributed by atoms with van der Waals surface area (Å²) in [7, 11) is 0.256. The monoisotopic (exact) mass is 559 g/mol. The van der Waals surface area contributed by atoms with Gasteiger partial charge in [-0.15, -0.1) is 0 Å². The Kier molecular flexibility index (Phi) is 9.60. The van der Waals surface area contributed by atoms with Crippen molar-refractivity contribution in [3.63, 3.8) is 0 Å². The zero-order chi connectivity index (χ0) is 27.9. The first-order chi connectivity index (χ1) is 18.1. The number of sulfonamides is 1. The fraction of sp³-hybridized carbons (Fsp3) is 0.259. The van der Waals surface area contributed by atoms with Crippen LogP contribution in [0.1, 0.15) is 12.5 Å². The van der Waals surface area contributed by atoms with Gasteiger partial charge in [-0.1, -0.05) is 41.9 Å². The van der Waals surface area contributed by atoms with Gasteiger partial charge in [0.1, 0.15) is 24.1 Å². The zero-order valence-electron chi connectivity index (χ0n) is 21.5. The van der Waals surface area contributed by atoms with Gasteiger partial charge >= 0.3 is 0 Å². The molecule has 2 amide bonds. The molecule has 0 aliphatic carbocycles. The molecule has 3 aromatic rings. The van der Waals surface area contributed by atoms with E-state index in [1.54, 1.807) is 49.4 Å². The Morgan fingerprint density at radius 3 is 2.29 bits per heavy atom. The van der Waals surface area contributed by atoms with Crippen molar-refractivity contribution in [3.8, 4) is 11.5 Å². The molecule has 1 unspecified atom stereocenters. The minimum atomic E-state index is -4.19. The van der Waals surface area contributed by atoms with Gasteiger partial charge in [0.25, 0.3) is 10.0 Å². The van der Waals surface area contributed by atoms with Crippen LogP contribution in [0.25, 0.3) is 0 Å². The van der Waals surface area contributed by atoms with Crippen molar-refractivity contribution in [3.05, 3.63) is 83.4 Å². The number of halogens is 1. The van der Waals surface area contributed by atoms with Gasteiger partial charge in [-0.3, -0.25) is 13.9 Å². The van der Waals surface area contributed by atoms with Crippen LogP contribution in [-0.2, 0) is 26.2 Å². The molecule has 0 fully saturated rings. The molecule has 0 aromatic heterocycles. The summed E-state index contributed by atoms with van der Waals surface area (Å²) in [5.74, 6) is -0.0445. The molecule has 0 saturated heterocycles. The van der Waals surface area contributed by atoms with Crippen LogP contribution in [-0.4, -0.2) is 59.0 Å². The highest BCUT2D eigenvalue weighted by molar-refractivity contribution is 7.92. The standard InChI is InChI=1S/C27H30ClN3O6S/c1-19(27(33)29-2)30(17-20-9-8-10-22(15-20)36-3)26(32)18-31(21-13-14-25(37-4)24(28)16-21)38(34,35)23-11-6-5-7-12-23/h5-16,19H,17-18H2,1-4H3,(H,29,33). The first kappa shape index (κ1) is 28.8. The van der Waals surface area contributed by atoms with Crippen molar-refractivity contribution in [2.75, 3.05) is 32.1 Å². The third-order valence-electron chi connectivity index (χ3n) is 5.93. The van der Waals surface area contributed by atoms with E-state index in [0.29, 0.717) is 17.1 Å². The number of amides is 2. The lowest BCUT2D eigenvalue weighted by molar-refractivity contribution is -0.139. The van der Waals surface area contributed by atoms with E-state index < -0.39 is 34.4 Å². The van der Waals surface area contributed by atoms with Crippen LogP contribution in [0.4, 0.5) is 5.69 Å². The maximum Gasteiger partial charge on any atom is 0.264 e. The van der Waals surface area contributed by atoms with Crippen LogP contribution in [0, 0.1) is 0 Å². The quantitative estimate of drug-likeness (QED) is 0.384. The van der Waals surface area contributed by atoms with Gasteiger partial charge in [0.05, 0.1) is 29.8 Å². The lowest BCUT2D eigenvalue weighted by Crippen LogP contribution is -2.50. The highest BCUT2D eigenvalue weighted by Gasteiger charge is 2.32. The average molecular weight is 560 g/mol. The molecule has 0 aliphatic rings. The van der Waals surface area contributed by atoms with Crippen LogP contribution in [0.5, 0.6) is 11.5 Å². The molecule has 1 N–H and O–H groups in total. The first-order valence-corrected chi connectivity index (χ1v) is 13.5. The molecular formula is C27H30ClN3O6S. The summed E-state index contributed by atoms with van der Waals surface area (Å²) < 4.78 is 38.9. The minimum Gasteiger partial charge on any atom is -0.497 e. The number of anilines is 1. The number of methoxy groups -OCH3 is 2. The number of rotatable bonds is 11. The second-order valence-corrected chi connectivity index (χ2v) is 10.6. The third-order valence-corrected chi connectivity index (χ3v) is 8.02. The third kappa shape index (κ3) is 6.56. The number of benzene rings is 3. The highest BCUT2D eigenvalue weighted by Crippen LogP contribution is 2.32. The van der Waals surface area contributed by atoms with Crippen LogP contribution in [0.2, 0.25) is 5.02 Å². The van der Waals surface area contributed by atoms with Crippen LogP contribution >= 0.6 is 11.6 Å². The van der Waals surface area contributed by atoms with Crippen LogP contribution in [0.15, 0.2) is 77.7 Å². The van der Waals surface area contributed by atoms with Gasteiger partial charge in [0.2, 0.25) is 11.8 Å². The molecule has 202 valence electrons. The fourth-order valence-electron chi connectivity index (χ4n) is 3.82. The smallest absolute Gasteiger partial charge is 0.264 e. The number of likely N-dealkylation sites (N-methyl/N-ethyl adjacent to an activating group) is 1. The van der Waals surface area contributed by atoms with Crippen molar-refractivity contribution in [2.45, 2.75) is 24.4 Å². The second-order valence-electron chi connectivity index (χ2n) is 8.31. The van der Waals surface area contributed by atoms with E-state index in [0.717, 1.165) is 4.31 Å². The Balaban J connectivity index is 2.05. The van der Waals surface area contributed by atoms with Crippen molar-refractivity contribution >= 4 is 39.1 Å². The summed E-state index contributed by atoms with van der Waals surface area (Å²) in [5, 5.41) is 2.73. The Morgan fingerprint density at radius 2 is 1.68 bits per heavy atom. The topological polar surface area (TPSA) is 105 Å². The molecule has 3 aromatic carbocycles. The number of hydrogen-bond acceptors (Lipinski definition) is 6. The van der Waals surface area contributed by atoms with Crippen molar-refractivity contribution < 1.29 is 27.5 Å². The Labute approximate surface area is 228 Å². The maximum absolute atomic E-state index is 13.8. The summed E-state index contributed by atoms with van der Waals surface area (Å²) in [6, 6.07) is 18.4. The van der Waals surface area contributed by atoms with E-state index in [9.17, 15) is 18.0 Å². The number of ether oxygens (including phenoxy) is 2. The SMILES string of the molecule is CNC(=O)C(C)N(Cc1cccc(OC)c1)C(=O)CN(c1ccc(OC)c(Cl)c1)S(=O)(=O)c1ccccc1. The molecule has 0 heterocycles. The molecule has 0 radical (unpaired) electrons. The minimum absolute atomic E-state index is 0.00145. The summed E-state index contributed by atoms with van der Waals surface area (Å²) in [6.45, 7) is 1.05. The molecule has 9 nitrogen and oxygen atoms in total. The van der Waals surface area contributed by atoms with Gasteiger partial charge in [0, 0.05) is 13.6 Å². The van der Waals surface area contributed by atoms with Crippen LogP contribution in [0.3, 0.4) is 0 Å². The largest absolute Gasteiger partial charge is 0.497 e. The van der Waals surface area contributed by atoms with E-state index in [2.05, 4.69) is 5.32 Å². The van der Waals surface area contributed by atoms with E-state index in [-0.39, 0.29) is 22.2 Å². The van der Waals surface area contributed by atoms with Crippen molar-refractivity contribution in [1.82, 2.24) is 10.2 Å². The van der Waals surface area contributed by atoms with E-state index in [1.807, 2.05) is 0 Å². The zero-order valence-corrected chi connectivity index (χ0v) is 23.1. The average Bonchev–Trinajstić information content (AvgIpc) is 2.94. The maximum atomic E-state index is 13.8. The predicted octanol–water partition coefficient (Wildman–Crippen LogP) is 3.72. The van der Waals surface area contributed by atoms with E-state index in [4.69, 9.17) is 21.1 Å². The van der Waals surface area contributed by atoms with E-state index in [1.165, 1.54) is 56.5 Å². The molecule has 0 bridgehead atoms. The molecule has 11 heteroatoms. The lowest BCUT2D eigenvalue weighted by atomic mass is 10.1. The van der Waals surface area contributed by atoms with Gasteiger partial charge in [-0.05, 0) is 55.0 Å².